The Bertz CT molecular complexity index is 2470. The van der Waals surface area contributed by atoms with Crippen molar-refractivity contribution in [3.63, 3.8) is 0 Å². The number of allylic oxidation sites excluding steroid dienone is 1. The maximum atomic E-state index is 13.9. The van der Waals surface area contributed by atoms with Crippen LogP contribution in [0.5, 0.6) is 0 Å². The van der Waals surface area contributed by atoms with Gasteiger partial charge in [0.1, 0.15) is 12.1 Å². The summed E-state index contributed by atoms with van der Waals surface area (Å²) in [5.41, 5.74) is 5.82. The molecule has 0 aromatic heterocycles. The topological polar surface area (TPSA) is 123 Å². The number of ether oxygens (including phenoxy) is 3. The number of aliphatic hydroxyl groups is 1. The number of nitrogens with zero attached hydrogens (tertiary/aromatic N) is 2. The molecular weight excluding hydrogens is 933 g/mol. The van der Waals surface area contributed by atoms with Crippen LogP contribution in [0.4, 0.5) is 0 Å². The summed E-state index contributed by atoms with van der Waals surface area (Å²) in [6, 6.07) is 57.1. The molecule has 8 rings (SSSR count). The van der Waals surface area contributed by atoms with Crippen molar-refractivity contribution in [1.29, 1.82) is 0 Å². The fraction of sp³-hybridized carbons (Fsp3) is 0.241. The second-order valence-corrected chi connectivity index (χ2v) is 17.1. The Balaban J connectivity index is 0.000000195. The van der Waals surface area contributed by atoms with Crippen LogP contribution in [0.15, 0.2) is 194 Å². The number of amides is 2. The van der Waals surface area contributed by atoms with Gasteiger partial charge in [-0.1, -0.05) is 222 Å². The number of carbonyl (C=O) groups is 4. The van der Waals surface area contributed by atoms with Crippen LogP contribution in [0.2, 0.25) is 0 Å². The summed E-state index contributed by atoms with van der Waals surface area (Å²) in [6.07, 6.45) is 7.76. The van der Waals surface area contributed by atoms with E-state index in [4.69, 9.17) is 14.2 Å². The van der Waals surface area contributed by atoms with Gasteiger partial charge in [-0.15, -0.1) is 0 Å². The van der Waals surface area contributed by atoms with Crippen molar-refractivity contribution in [3.8, 4) is 0 Å². The molecule has 2 aliphatic heterocycles. The van der Waals surface area contributed by atoms with Gasteiger partial charge >= 0.3 is 11.9 Å². The molecule has 0 unspecified atom stereocenters. The van der Waals surface area contributed by atoms with Gasteiger partial charge < -0.3 is 29.1 Å². The summed E-state index contributed by atoms with van der Waals surface area (Å²) in [7, 11) is 2.65. The maximum Gasteiger partial charge on any atom is 0.328 e. The number of hydrogen-bond acceptors (Lipinski definition) is 8. The lowest BCUT2D eigenvalue weighted by Gasteiger charge is -2.28. The fourth-order valence-electron chi connectivity index (χ4n) is 8.49. The molecule has 0 radical (unpaired) electrons. The van der Waals surface area contributed by atoms with Crippen LogP contribution in [0.25, 0.3) is 12.2 Å². The molecule has 356 valence electrons. The molecular formula is C58H59BrN2O8. The zero-order valence-electron chi connectivity index (χ0n) is 38.9. The monoisotopic (exact) mass is 990 g/mol. The quantitative estimate of drug-likeness (QED) is 0.0846. The number of rotatable bonds is 14. The molecule has 6 aromatic rings. The average Bonchev–Trinajstić information content (AvgIpc) is 4.03. The Morgan fingerprint density at radius 2 is 0.884 bits per heavy atom. The van der Waals surface area contributed by atoms with Gasteiger partial charge in [0, 0.05) is 31.3 Å². The number of alkyl halides is 1. The Kier molecular flexibility index (Phi) is 20.3. The number of halogens is 1. The van der Waals surface area contributed by atoms with Gasteiger partial charge in [0.2, 0.25) is 11.8 Å². The first-order valence-corrected chi connectivity index (χ1v) is 24.1. The van der Waals surface area contributed by atoms with Crippen LogP contribution >= 0.6 is 15.9 Å². The highest BCUT2D eigenvalue weighted by Gasteiger charge is 2.44. The minimum Gasteiger partial charge on any atom is -0.467 e. The number of hydrogen-bond donors (Lipinski definition) is 1. The molecule has 0 bridgehead atoms. The predicted octanol–water partition coefficient (Wildman–Crippen LogP) is 9.74. The number of esters is 2. The first kappa shape index (κ1) is 51.5. The van der Waals surface area contributed by atoms with Crippen LogP contribution in [0.3, 0.4) is 0 Å². The molecule has 69 heavy (non-hydrogen) atoms. The Morgan fingerprint density at radius 3 is 1.26 bits per heavy atom. The molecule has 2 fully saturated rings. The van der Waals surface area contributed by atoms with Crippen LogP contribution < -0.4 is 0 Å². The molecule has 2 heterocycles. The standard InChI is InChI=1S/C29H29NO4.C20H21NO4.C9H9Br/c1-33-29(32)26-20-25(34-19-11-14-22-12-5-2-6-13-22)21-30(26)28(31)27(23-15-7-3-8-16-23)24-17-9-4-10-18-24;1-25-20(24)17-12-16(22)13-21(17)19(23)18(14-8-4-2-5-9-14)15-10-6-3-7-11-15;10-8-4-7-9-5-2-1-3-6-9/h2-18,25-27H,19-21H2,1H3;2-11,16-18,22H,12-13H2,1H3;1-7H,8H2/b14-11+;;7-4+/t25-,26-;16-,17-;/m11./s1. The number of carbonyl (C=O) groups excluding carboxylic acids is 4. The lowest BCUT2D eigenvalue weighted by Crippen LogP contribution is -2.43. The SMILES string of the molecule is BrC/C=C/c1ccccc1.COC(=O)[C@H]1C[C@@H](O)CN1C(=O)C(c1ccccc1)c1ccccc1.COC(=O)[C@H]1C[C@@H](OC/C=C/c2ccccc2)CN1C(=O)C(c1ccccc1)c1ccccc1. The van der Waals surface area contributed by atoms with Crippen LogP contribution in [-0.2, 0) is 33.4 Å². The number of aliphatic hydroxyl groups excluding tert-OH is 1. The van der Waals surface area contributed by atoms with E-state index in [-0.39, 0.29) is 30.9 Å². The summed E-state index contributed by atoms with van der Waals surface area (Å²) in [5.74, 6) is -2.28. The number of likely N-dealkylation sites (tertiary alicyclic amines) is 2. The molecule has 0 aliphatic carbocycles. The summed E-state index contributed by atoms with van der Waals surface area (Å²) >= 11 is 3.32. The third kappa shape index (κ3) is 14.8. The Labute approximate surface area is 414 Å². The summed E-state index contributed by atoms with van der Waals surface area (Å²) in [4.78, 5) is 54.9. The van der Waals surface area contributed by atoms with Gasteiger partial charge in [-0.25, -0.2) is 9.59 Å². The second-order valence-electron chi connectivity index (χ2n) is 16.4. The molecule has 2 aliphatic rings. The molecule has 0 spiro atoms. The zero-order valence-corrected chi connectivity index (χ0v) is 40.5. The van der Waals surface area contributed by atoms with Gasteiger partial charge in [-0.3, -0.25) is 9.59 Å². The largest absolute Gasteiger partial charge is 0.467 e. The fourth-order valence-corrected chi connectivity index (χ4v) is 8.68. The van der Waals surface area contributed by atoms with E-state index in [0.29, 0.717) is 19.6 Å². The molecule has 10 nitrogen and oxygen atoms in total. The van der Waals surface area contributed by atoms with Crippen molar-refractivity contribution in [2.24, 2.45) is 0 Å². The van der Waals surface area contributed by atoms with Crippen molar-refractivity contribution < 1.29 is 38.5 Å². The number of methoxy groups -OCH3 is 2. The third-order valence-corrected chi connectivity index (χ3v) is 12.2. The molecule has 0 saturated carbocycles. The summed E-state index contributed by atoms with van der Waals surface area (Å²) in [5, 5.41) is 10.9. The average molecular weight is 992 g/mol. The number of benzene rings is 6. The maximum absolute atomic E-state index is 13.9. The van der Waals surface area contributed by atoms with E-state index >= 15 is 0 Å². The van der Waals surface area contributed by atoms with E-state index < -0.39 is 42.0 Å². The van der Waals surface area contributed by atoms with E-state index in [1.54, 1.807) is 4.90 Å². The minimum atomic E-state index is -0.748. The zero-order chi connectivity index (χ0) is 48.8. The minimum absolute atomic E-state index is 0.126. The lowest BCUT2D eigenvalue weighted by atomic mass is 9.90. The van der Waals surface area contributed by atoms with Crippen LogP contribution in [0.1, 0.15) is 58.1 Å². The van der Waals surface area contributed by atoms with Crippen molar-refractivity contribution >= 4 is 51.8 Å². The Hall–Kier alpha value is -6.92. The highest BCUT2D eigenvalue weighted by Crippen LogP contribution is 2.33. The van der Waals surface area contributed by atoms with E-state index in [1.807, 2.05) is 182 Å². The van der Waals surface area contributed by atoms with Crippen molar-refractivity contribution in [3.05, 3.63) is 228 Å². The van der Waals surface area contributed by atoms with E-state index in [2.05, 4.69) is 40.2 Å². The molecule has 2 saturated heterocycles. The first-order chi connectivity index (χ1) is 33.7. The van der Waals surface area contributed by atoms with Crippen molar-refractivity contribution in [2.75, 3.05) is 39.2 Å². The Morgan fingerprint density at radius 1 is 0.536 bits per heavy atom. The number of β-amino-alcohol motifs (C(OH)–C–C–N with tert-alkyl or cyclic N) is 1. The second kappa shape index (κ2) is 27.2. The van der Waals surface area contributed by atoms with Crippen molar-refractivity contribution in [2.45, 2.75) is 49.0 Å². The summed E-state index contributed by atoms with van der Waals surface area (Å²) < 4.78 is 15.9. The molecule has 4 atom stereocenters. The molecule has 1 N–H and O–H groups in total. The van der Waals surface area contributed by atoms with Gasteiger partial charge in [-0.05, 0) is 33.4 Å². The predicted molar refractivity (Wildman–Crippen MR) is 274 cm³/mol. The first-order valence-electron chi connectivity index (χ1n) is 23.0. The van der Waals surface area contributed by atoms with Gasteiger partial charge in [0.15, 0.2) is 0 Å². The normalized spacial score (nSPS) is 17.5. The smallest absolute Gasteiger partial charge is 0.328 e. The van der Waals surface area contributed by atoms with Gasteiger partial charge in [-0.2, -0.15) is 0 Å². The van der Waals surface area contributed by atoms with E-state index in [9.17, 15) is 24.3 Å². The highest BCUT2D eigenvalue weighted by atomic mass is 79.9. The van der Waals surface area contributed by atoms with E-state index in [1.165, 1.54) is 24.7 Å². The van der Waals surface area contributed by atoms with Crippen LogP contribution in [-0.4, -0.2) is 102 Å². The molecule has 2 amide bonds. The lowest BCUT2D eigenvalue weighted by molar-refractivity contribution is -0.151. The highest BCUT2D eigenvalue weighted by molar-refractivity contribution is 9.09. The van der Waals surface area contributed by atoms with Crippen LogP contribution in [0, 0.1) is 0 Å². The molecule has 6 aromatic carbocycles. The molecule has 11 heteroatoms. The third-order valence-electron chi connectivity index (χ3n) is 11.8. The van der Waals surface area contributed by atoms with Gasteiger partial charge in [0.05, 0.1) is 44.9 Å². The summed E-state index contributed by atoms with van der Waals surface area (Å²) in [6.45, 7) is 0.874. The van der Waals surface area contributed by atoms with Crippen molar-refractivity contribution in [1.82, 2.24) is 9.80 Å². The van der Waals surface area contributed by atoms with E-state index in [0.717, 1.165) is 33.1 Å². The van der Waals surface area contributed by atoms with Gasteiger partial charge in [0.25, 0.3) is 0 Å².